The van der Waals surface area contributed by atoms with E-state index in [1.807, 2.05) is 0 Å². The van der Waals surface area contributed by atoms with Gasteiger partial charge in [-0.1, -0.05) is 23.7 Å². The highest BCUT2D eigenvalue weighted by Crippen LogP contribution is 2.53. The maximum Gasteiger partial charge on any atom is 0.460 e. The summed E-state index contributed by atoms with van der Waals surface area (Å²) >= 11 is 8.25. The number of alkyl halides is 7. The van der Waals surface area contributed by atoms with E-state index in [1.54, 1.807) is 29.2 Å². The van der Waals surface area contributed by atoms with Crippen molar-refractivity contribution in [2.75, 3.05) is 6.61 Å². The quantitative estimate of drug-likeness (QED) is 0.351. The zero-order valence-corrected chi connectivity index (χ0v) is 16.5. The molecule has 2 aromatic rings. The SMILES string of the molecule is N#Cc1c(COCCc2ccc(Cl)cc2)[nH]c(C(F)(F)C(F)(F)C(F)(F)F)c1Br. The largest absolute Gasteiger partial charge is 0.460 e. The van der Waals surface area contributed by atoms with E-state index in [4.69, 9.17) is 21.6 Å². The Hall–Kier alpha value is -1.77. The lowest BCUT2D eigenvalue weighted by atomic mass is 10.1. The molecule has 0 saturated heterocycles. The average molecular weight is 508 g/mol. The van der Waals surface area contributed by atoms with E-state index >= 15 is 0 Å². The van der Waals surface area contributed by atoms with Crippen LogP contribution in [0, 0.1) is 11.3 Å². The molecule has 0 aliphatic rings. The standard InChI is InChI=1S/C17H11BrClF7N2O/c18-13-11(7-27)12(8-29-6-5-9-1-3-10(19)4-2-9)28-14(13)15(20,21)16(22,23)17(24,25)26/h1-4,28H,5-6,8H2. The highest BCUT2D eigenvalue weighted by atomic mass is 79.9. The van der Waals surface area contributed by atoms with E-state index < -0.39 is 40.4 Å². The zero-order chi connectivity index (χ0) is 22.0. The van der Waals surface area contributed by atoms with Crippen molar-refractivity contribution < 1.29 is 35.5 Å². The van der Waals surface area contributed by atoms with E-state index in [9.17, 15) is 30.7 Å². The summed E-state index contributed by atoms with van der Waals surface area (Å²) in [4.78, 5) is 1.78. The number of hydrogen-bond acceptors (Lipinski definition) is 2. The van der Waals surface area contributed by atoms with Gasteiger partial charge in [-0.25, -0.2) is 0 Å². The number of aromatic amines is 1. The van der Waals surface area contributed by atoms with E-state index in [-0.39, 0.29) is 12.3 Å². The first-order chi connectivity index (χ1) is 13.3. The molecule has 0 aliphatic carbocycles. The molecule has 1 aromatic carbocycles. The lowest BCUT2D eigenvalue weighted by Crippen LogP contribution is -2.50. The molecule has 0 spiro atoms. The van der Waals surface area contributed by atoms with Crippen molar-refractivity contribution in [3.63, 3.8) is 0 Å². The molecule has 1 N–H and O–H groups in total. The number of H-pyrrole nitrogens is 1. The topological polar surface area (TPSA) is 48.8 Å². The Bertz CT molecular complexity index is 904. The van der Waals surface area contributed by atoms with Crippen molar-refractivity contribution in [2.45, 2.75) is 31.0 Å². The fourth-order valence-corrected chi connectivity index (χ4v) is 3.12. The molecule has 29 heavy (non-hydrogen) atoms. The lowest BCUT2D eigenvalue weighted by Gasteiger charge is -2.27. The molecule has 0 amide bonds. The number of rotatable bonds is 7. The number of benzene rings is 1. The molecule has 1 aromatic heterocycles. The fraction of sp³-hybridized carbons (Fsp3) is 0.353. The van der Waals surface area contributed by atoms with Gasteiger partial charge >= 0.3 is 18.0 Å². The predicted molar refractivity (Wildman–Crippen MR) is 92.9 cm³/mol. The van der Waals surface area contributed by atoms with Crippen LogP contribution in [0.25, 0.3) is 0 Å². The smallest absolute Gasteiger partial charge is 0.375 e. The van der Waals surface area contributed by atoms with Gasteiger partial charge in [0.05, 0.1) is 28.9 Å². The summed E-state index contributed by atoms with van der Waals surface area (Å²) < 4.78 is 96.1. The first kappa shape index (κ1) is 23.5. The van der Waals surface area contributed by atoms with Crippen molar-refractivity contribution >= 4 is 27.5 Å². The predicted octanol–water partition coefficient (Wildman–Crippen LogP) is 6.35. The first-order valence-electron chi connectivity index (χ1n) is 7.78. The van der Waals surface area contributed by atoms with Crippen LogP contribution in [-0.2, 0) is 23.7 Å². The number of aromatic nitrogens is 1. The maximum absolute atomic E-state index is 14.0. The van der Waals surface area contributed by atoms with E-state index in [1.165, 1.54) is 6.07 Å². The monoisotopic (exact) mass is 506 g/mol. The summed E-state index contributed by atoms with van der Waals surface area (Å²) in [6, 6.07) is 8.20. The van der Waals surface area contributed by atoms with Crippen LogP contribution in [0.15, 0.2) is 28.7 Å². The van der Waals surface area contributed by atoms with Gasteiger partial charge in [0.1, 0.15) is 11.8 Å². The molecule has 0 atom stereocenters. The average Bonchev–Trinajstić information content (AvgIpc) is 2.95. The van der Waals surface area contributed by atoms with Crippen LogP contribution in [0.5, 0.6) is 0 Å². The third-order valence-corrected chi connectivity index (χ3v) is 4.93. The molecule has 0 aliphatic heterocycles. The second kappa shape index (κ2) is 8.53. The number of nitriles is 1. The molecule has 0 radical (unpaired) electrons. The molecule has 0 fully saturated rings. The minimum atomic E-state index is -6.50. The van der Waals surface area contributed by atoms with Gasteiger partial charge in [0.15, 0.2) is 0 Å². The van der Waals surface area contributed by atoms with Crippen LogP contribution in [0.1, 0.15) is 22.5 Å². The van der Waals surface area contributed by atoms with Gasteiger partial charge in [-0.2, -0.15) is 36.0 Å². The number of ether oxygens (including phenoxy) is 1. The summed E-state index contributed by atoms with van der Waals surface area (Å²) in [5.74, 6) is -12.0. The summed E-state index contributed by atoms with van der Waals surface area (Å²) in [7, 11) is 0. The Kier molecular flexibility index (Phi) is 6.92. The van der Waals surface area contributed by atoms with Crippen LogP contribution in [-0.4, -0.2) is 23.7 Å². The molecule has 12 heteroatoms. The van der Waals surface area contributed by atoms with Crippen LogP contribution < -0.4 is 0 Å². The summed E-state index contributed by atoms with van der Waals surface area (Å²) in [5.41, 5.74) is -1.83. The molecule has 1 heterocycles. The van der Waals surface area contributed by atoms with Crippen molar-refractivity contribution in [2.24, 2.45) is 0 Å². The van der Waals surface area contributed by atoms with Gasteiger partial charge < -0.3 is 9.72 Å². The summed E-state index contributed by atoms with van der Waals surface area (Å²) in [5, 5.41) is 9.60. The van der Waals surface area contributed by atoms with E-state index in [2.05, 4.69) is 15.9 Å². The third-order valence-electron chi connectivity index (χ3n) is 3.89. The van der Waals surface area contributed by atoms with Crippen molar-refractivity contribution in [1.82, 2.24) is 4.98 Å². The first-order valence-corrected chi connectivity index (χ1v) is 8.95. The third kappa shape index (κ3) is 4.70. The molecular formula is C17H11BrClF7N2O. The Morgan fingerprint density at radius 2 is 1.66 bits per heavy atom. The normalized spacial score (nSPS) is 12.8. The van der Waals surface area contributed by atoms with Gasteiger partial charge in [-0.3, -0.25) is 0 Å². The highest BCUT2D eigenvalue weighted by molar-refractivity contribution is 9.10. The van der Waals surface area contributed by atoms with Gasteiger partial charge in [0, 0.05) is 5.02 Å². The van der Waals surface area contributed by atoms with Crippen LogP contribution in [0.2, 0.25) is 5.02 Å². The molecule has 158 valence electrons. The number of hydrogen-bond donors (Lipinski definition) is 1. The van der Waals surface area contributed by atoms with Crippen molar-refractivity contribution in [1.29, 1.82) is 5.26 Å². The summed E-state index contributed by atoms with van der Waals surface area (Å²) in [6.45, 7) is -0.420. The van der Waals surface area contributed by atoms with Gasteiger partial charge in [-0.15, -0.1) is 0 Å². The van der Waals surface area contributed by atoms with Crippen LogP contribution >= 0.6 is 27.5 Å². The lowest BCUT2D eigenvalue weighted by molar-refractivity contribution is -0.360. The Labute approximate surface area is 173 Å². The van der Waals surface area contributed by atoms with Gasteiger partial charge in [0.2, 0.25) is 0 Å². The van der Waals surface area contributed by atoms with Crippen LogP contribution in [0.3, 0.4) is 0 Å². The Balaban J connectivity index is 2.18. The number of halogens is 9. The maximum atomic E-state index is 14.0. The fourth-order valence-electron chi connectivity index (χ4n) is 2.32. The molecule has 0 unspecified atom stereocenters. The Morgan fingerprint density at radius 1 is 1.07 bits per heavy atom. The minimum Gasteiger partial charge on any atom is -0.375 e. The van der Waals surface area contributed by atoms with E-state index in [0.29, 0.717) is 11.4 Å². The summed E-state index contributed by atoms with van der Waals surface area (Å²) in [6.07, 6.45) is -6.11. The van der Waals surface area contributed by atoms with E-state index in [0.717, 1.165) is 5.56 Å². The second-order valence-electron chi connectivity index (χ2n) is 5.85. The second-order valence-corrected chi connectivity index (χ2v) is 7.08. The number of nitrogens with one attached hydrogen (secondary N) is 1. The van der Waals surface area contributed by atoms with Crippen molar-refractivity contribution in [3.05, 3.63) is 56.3 Å². The van der Waals surface area contributed by atoms with Crippen molar-refractivity contribution in [3.8, 4) is 6.07 Å². The van der Waals surface area contributed by atoms with Gasteiger partial charge in [0.25, 0.3) is 0 Å². The number of nitrogens with zero attached hydrogens (tertiary/aromatic N) is 1. The highest BCUT2D eigenvalue weighted by Gasteiger charge is 2.74. The molecule has 0 bridgehead atoms. The van der Waals surface area contributed by atoms with Crippen LogP contribution in [0.4, 0.5) is 30.7 Å². The zero-order valence-electron chi connectivity index (χ0n) is 14.2. The Morgan fingerprint density at radius 3 is 2.17 bits per heavy atom. The molecule has 3 nitrogen and oxygen atoms in total. The minimum absolute atomic E-state index is 0.0631. The molecule has 2 rings (SSSR count). The van der Waals surface area contributed by atoms with Gasteiger partial charge in [-0.05, 0) is 40.0 Å². The molecule has 0 saturated carbocycles. The molecular weight excluding hydrogens is 497 g/mol.